The largest absolute Gasteiger partial charge is 0.313 e. The fourth-order valence-electron chi connectivity index (χ4n) is 3.71. The van der Waals surface area contributed by atoms with Crippen molar-refractivity contribution in [1.82, 2.24) is 10.2 Å². The molecule has 0 spiro atoms. The van der Waals surface area contributed by atoms with E-state index in [9.17, 15) is 0 Å². The van der Waals surface area contributed by atoms with Crippen LogP contribution in [0.4, 0.5) is 0 Å². The first-order chi connectivity index (χ1) is 8.75. The Morgan fingerprint density at radius 2 is 1.78 bits per heavy atom. The molecule has 1 aliphatic heterocycles. The van der Waals surface area contributed by atoms with E-state index in [1.165, 1.54) is 71.0 Å². The molecule has 1 saturated carbocycles. The summed E-state index contributed by atoms with van der Waals surface area (Å²) in [6, 6.07) is 1.62. The first kappa shape index (κ1) is 14.3. The molecule has 2 fully saturated rings. The van der Waals surface area contributed by atoms with Gasteiger partial charge in [-0.1, -0.05) is 39.5 Å². The minimum atomic E-state index is 0.732. The van der Waals surface area contributed by atoms with Gasteiger partial charge in [-0.3, -0.25) is 4.90 Å². The summed E-state index contributed by atoms with van der Waals surface area (Å²) in [5.74, 6) is 0.816. The molecule has 1 N–H and O–H groups in total. The maximum absolute atomic E-state index is 3.76. The summed E-state index contributed by atoms with van der Waals surface area (Å²) < 4.78 is 0. The average molecular weight is 252 g/mol. The first-order valence-electron chi connectivity index (χ1n) is 8.23. The summed E-state index contributed by atoms with van der Waals surface area (Å²) in [5.41, 5.74) is 0. The molecule has 2 aliphatic rings. The van der Waals surface area contributed by atoms with Crippen LogP contribution in [0.1, 0.15) is 65.2 Å². The van der Waals surface area contributed by atoms with Crippen molar-refractivity contribution in [2.75, 3.05) is 19.6 Å². The van der Waals surface area contributed by atoms with Gasteiger partial charge in [0.1, 0.15) is 0 Å². The molecular weight excluding hydrogens is 220 g/mol. The third-order valence-electron chi connectivity index (χ3n) is 4.61. The Morgan fingerprint density at radius 1 is 1.06 bits per heavy atom. The Hall–Kier alpha value is -0.0800. The second-order valence-electron chi connectivity index (χ2n) is 6.77. The predicted molar refractivity (Wildman–Crippen MR) is 78.9 cm³/mol. The zero-order chi connectivity index (χ0) is 12.8. The molecule has 2 rings (SSSR count). The Balaban J connectivity index is 1.88. The van der Waals surface area contributed by atoms with Gasteiger partial charge >= 0.3 is 0 Å². The zero-order valence-corrected chi connectivity index (χ0v) is 12.5. The second-order valence-corrected chi connectivity index (χ2v) is 6.77. The van der Waals surface area contributed by atoms with Crippen molar-refractivity contribution in [3.8, 4) is 0 Å². The maximum Gasteiger partial charge on any atom is 0.0197 e. The molecule has 0 bridgehead atoms. The van der Waals surface area contributed by atoms with Crippen LogP contribution in [-0.2, 0) is 0 Å². The van der Waals surface area contributed by atoms with Crippen LogP contribution < -0.4 is 5.32 Å². The van der Waals surface area contributed by atoms with Gasteiger partial charge in [-0.25, -0.2) is 0 Å². The highest BCUT2D eigenvalue weighted by molar-refractivity contribution is 4.83. The molecule has 1 saturated heterocycles. The highest BCUT2D eigenvalue weighted by atomic mass is 15.2. The summed E-state index contributed by atoms with van der Waals surface area (Å²) >= 11 is 0. The van der Waals surface area contributed by atoms with Crippen LogP contribution in [0.2, 0.25) is 0 Å². The standard InChI is InChI=1S/C16H32N2/c1-14(2)12-15-13-18(11-7-10-17-15)16-8-5-3-4-6-9-16/h14-17H,3-13H2,1-2H3. The van der Waals surface area contributed by atoms with Crippen LogP contribution in [0.5, 0.6) is 0 Å². The molecule has 2 nitrogen and oxygen atoms in total. The lowest BCUT2D eigenvalue weighted by Gasteiger charge is -2.32. The lowest BCUT2D eigenvalue weighted by atomic mass is 10.0. The molecule has 1 atom stereocenters. The van der Waals surface area contributed by atoms with Gasteiger partial charge in [0.05, 0.1) is 0 Å². The van der Waals surface area contributed by atoms with Crippen LogP contribution in [0, 0.1) is 5.92 Å². The van der Waals surface area contributed by atoms with E-state index in [0.717, 1.165) is 18.0 Å². The highest BCUT2D eigenvalue weighted by Crippen LogP contribution is 2.23. The van der Waals surface area contributed by atoms with Gasteiger partial charge in [-0.05, 0) is 44.7 Å². The van der Waals surface area contributed by atoms with Crippen molar-refractivity contribution in [2.45, 2.75) is 77.3 Å². The monoisotopic (exact) mass is 252 g/mol. The van der Waals surface area contributed by atoms with Crippen LogP contribution in [0.3, 0.4) is 0 Å². The minimum Gasteiger partial charge on any atom is -0.313 e. The van der Waals surface area contributed by atoms with Gasteiger partial charge in [0.2, 0.25) is 0 Å². The molecule has 1 unspecified atom stereocenters. The first-order valence-corrected chi connectivity index (χ1v) is 8.23. The topological polar surface area (TPSA) is 15.3 Å². The fraction of sp³-hybridized carbons (Fsp3) is 1.00. The van der Waals surface area contributed by atoms with Gasteiger partial charge in [-0.15, -0.1) is 0 Å². The number of nitrogens with zero attached hydrogens (tertiary/aromatic N) is 1. The Morgan fingerprint density at radius 3 is 2.44 bits per heavy atom. The van der Waals surface area contributed by atoms with Gasteiger partial charge in [0.15, 0.2) is 0 Å². The van der Waals surface area contributed by atoms with E-state index in [-0.39, 0.29) is 0 Å². The van der Waals surface area contributed by atoms with Crippen LogP contribution >= 0.6 is 0 Å². The third kappa shape index (κ3) is 4.55. The number of hydrogen-bond acceptors (Lipinski definition) is 2. The number of nitrogens with one attached hydrogen (secondary N) is 1. The summed E-state index contributed by atoms with van der Waals surface area (Å²) in [6.45, 7) is 8.54. The lowest BCUT2D eigenvalue weighted by Crippen LogP contribution is -2.43. The van der Waals surface area contributed by atoms with E-state index >= 15 is 0 Å². The molecule has 2 heteroatoms. The van der Waals surface area contributed by atoms with E-state index in [2.05, 4.69) is 24.1 Å². The van der Waals surface area contributed by atoms with Crippen molar-refractivity contribution >= 4 is 0 Å². The zero-order valence-electron chi connectivity index (χ0n) is 12.5. The molecule has 1 aliphatic carbocycles. The quantitative estimate of drug-likeness (QED) is 0.774. The Labute approximate surface area is 114 Å². The molecule has 18 heavy (non-hydrogen) atoms. The Bertz CT molecular complexity index is 219. The van der Waals surface area contributed by atoms with Gasteiger partial charge in [0.25, 0.3) is 0 Å². The van der Waals surface area contributed by atoms with E-state index in [4.69, 9.17) is 0 Å². The normalized spacial score (nSPS) is 29.2. The second kappa shape index (κ2) is 7.49. The number of rotatable bonds is 3. The van der Waals surface area contributed by atoms with Gasteiger partial charge in [-0.2, -0.15) is 0 Å². The Kier molecular flexibility index (Phi) is 5.97. The van der Waals surface area contributed by atoms with Gasteiger partial charge < -0.3 is 5.32 Å². The van der Waals surface area contributed by atoms with Crippen LogP contribution in [-0.4, -0.2) is 36.6 Å². The highest BCUT2D eigenvalue weighted by Gasteiger charge is 2.24. The summed E-state index contributed by atoms with van der Waals surface area (Å²) in [4.78, 5) is 2.82. The SMILES string of the molecule is CC(C)CC1CN(C2CCCCCC2)CCCN1. The van der Waals surface area contributed by atoms with Crippen LogP contribution in [0.15, 0.2) is 0 Å². The predicted octanol–water partition coefficient (Wildman–Crippen LogP) is 3.42. The molecular formula is C16H32N2. The molecule has 106 valence electrons. The van der Waals surface area contributed by atoms with Crippen molar-refractivity contribution < 1.29 is 0 Å². The van der Waals surface area contributed by atoms with E-state index in [0.29, 0.717) is 0 Å². The summed E-state index contributed by atoms with van der Waals surface area (Å²) in [5, 5.41) is 3.76. The third-order valence-corrected chi connectivity index (χ3v) is 4.61. The molecule has 0 aromatic rings. The minimum absolute atomic E-state index is 0.732. The summed E-state index contributed by atoms with van der Waals surface area (Å²) in [6.07, 6.45) is 11.4. The molecule has 1 heterocycles. The van der Waals surface area contributed by atoms with Crippen molar-refractivity contribution in [2.24, 2.45) is 5.92 Å². The van der Waals surface area contributed by atoms with Crippen molar-refractivity contribution in [1.29, 1.82) is 0 Å². The van der Waals surface area contributed by atoms with Crippen molar-refractivity contribution in [3.63, 3.8) is 0 Å². The maximum atomic E-state index is 3.76. The number of hydrogen-bond donors (Lipinski definition) is 1. The smallest absolute Gasteiger partial charge is 0.0197 e. The van der Waals surface area contributed by atoms with Crippen LogP contribution in [0.25, 0.3) is 0 Å². The average Bonchev–Trinajstić information content (AvgIpc) is 2.70. The van der Waals surface area contributed by atoms with Gasteiger partial charge in [0, 0.05) is 18.6 Å². The lowest BCUT2D eigenvalue weighted by molar-refractivity contribution is 0.170. The van der Waals surface area contributed by atoms with E-state index in [1.807, 2.05) is 0 Å². The summed E-state index contributed by atoms with van der Waals surface area (Å²) in [7, 11) is 0. The molecule has 0 radical (unpaired) electrons. The van der Waals surface area contributed by atoms with E-state index in [1.54, 1.807) is 0 Å². The fourth-order valence-corrected chi connectivity index (χ4v) is 3.71. The van der Waals surface area contributed by atoms with Crippen molar-refractivity contribution in [3.05, 3.63) is 0 Å². The molecule has 0 aromatic heterocycles. The van der Waals surface area contributed by atoms with E-state index < -0.39 is 0 Å². The molecule has 0 aromatic carbocycles. The molecule has 0 amide bonds.